The zero-order chi connectivity index (χ0) is 15.5. The summed E-state index contributed by atoms with van der Waals surface area (Å²) in [5.74, 6) is 0.365. The minimum absolute atomic E-state index is 0.00540. The second-order valence-corrected chi connectivity index (χ2v) is 6.73. The van der Waals surface area contributed by atoms with Crippen LogP contribution in [0.1, 0.15) is 47.7 Å². The van der Waals surface area contributed by atoms with Gasteiger partial charge >= 0.3 is 0 Å². The number of thiazole rings is 1. The number of aromatic nitrogens is 1. The summed E-state index contributed by atoms with van der Waals surface area (Å²) in [6.45, 7) is 1.96. The molecule has 0 spiro atoms. The van der Waals surface area contributed by atoms with Crippen molar-refractivity contribution < 1.29 is 9.90 Å². The molecule has 116 valence electrons. The van der Waals surface area contributed by atoms with E-state index in [-0.39, 0.29) is 18.4 Å². The number of hydrogen-bond donors (Lipinski definition) is 2. The maximum Gasteiger partial charge on any atom is 0.223 e. The molecule has 5 heteroatoms. The van der Waals surface area contributed by atoms with Crippen molar-refractivity contribution in [1.29, 1.82) is 0 Å². The van der Waals surface area contributed by atoms with E-state index < -0.39 is 6.10 Å². The van der Waals surface area contributed by atoms with Crippen molar-refractivity contribution >= 4 is 17.2 Å². The van der Waals surface area contributed by atoms with E-state index in [9.17, 15) is 9.90 Å². The lowest BCUT2D eigenvalue weighted by Crippen LogP contribution is -2.30. The number of aliphatic hydroxyl groups is 1. The van der Waals surface area contributed by atoms with Crippen LogP contribution in [0.3, 0.4) is 0 Å². The summed E-state index contributed by atoms with van der Waals surface area (Å²) in [7, 11) is 0. The third kappa shape index (κ3) is 3.72. The van der Waals surface area contributed by atoms with Gasteiger partial charge in [-0.2, -0.15) is 0 Å². The molecular weight excluding hydrogens is 296 g/mol. The number of carbonyl (C=O) groups is 1. The van der Waals surface area contributed by atoms with Crippen molar-refractivity contribution in [2.75, 3.05) is 0 Å². The fourth-order valence-corrected chi connectivity index (χ4v) is 3.47. The van der Waals surface area contributed by atoms with Gasteiger partial charge in [0.25, 0.3) is 0 Å². The van der Waals surface area contributed by atoms with Crippen molar-refractivity contribution in [3.63, 3.8) is 0 Å². The maximum atomic E-state index is 12.3. The SMILES string of the molecule is Cc1csc(C(NC(=O)CC(O)c2ccccc2)C2CC2)n1. The van der Waals surface area contributed by atoms with Gasteiger partial charge in [0.1, 0.15) is 5.01 Å². The van der Waals surface area contributed by atoms with Crippen LogP contribution in [0.15, 0.2) is 35.7 Å². The number of carbonyl (C=O) groups excluding carboxylic acids is 1. The number of rotatable bonds is 6. The Kier molecular flexibility index (Phi) is 4.55. The third-order valence-corrected chi connectivity index (χ3v) is 4.92. The Morgan fingerprint density at radius 2 is 2.14 bits per heavy atom. The van der Waals surface area contributed by atoms with Crippen LogP contribution in [0.25, 0.3) is 0 Å². The number of aliphatic hydroxyl groups excluding tert-OH is 1. The molecule has 0 aliphatic heterocycles. The molecule has 22 heavy (non-hydrogen) atoms. The molecule has 0 radical (unpaired) electrons. The molecule has 2 aromatic rings. The van der Waals surface area contributed by atoms with Gasteiger partial charge in [-0.3, -0.25) is 4.79 Å². The van der Waals surface area contributed by atoms with Crippen LogP contribution in [-0.2, 0) is 4.79 Å². The quantitative estimate of drug-likeness (QED) is 0.860. The first-order valence-corrected chi connectivity index (χ1v) is 8.46. The predicted molar refractivity (Wildman–Crippen MR) is 86.5 cm³/mol. The molecule has 1 aromatic carbocycles. The molecule has 2 unspecified atom stereocenters. The Hall–Kier alpha value is -1.72. The van der Waals surface area contributed by atoms with E-state index >= 15 is 0 Å². The summed E-state index contributed by atoms with van der Waals surface area (Å²) in [4.78, 5) is 16.8. The lowest BCUT2D eigenvalue weighted by atomic mass is 10.1. The predicted octanol–water partition coefficient (Wildman–Crippen LogP) is 3.14. The highest BCUT2D eigenvalue weighted by atomic mass is 32.1. The topological polar surface area (TPSA) is 62.2 Å². The molecule has 1 saturated carbocycles. The van der Waals surface area contributed by atoms with Gasteiger partial charge in [0.2, 0.25) is 5.91 Å². The van der Waals surface area contributed by atoms with E-state index in [1.54, 1.807) is 11.3 Å². The maximum absolute atomic E-state index is 12.3. The number of nitrogens with one attached hydrogen (secondary N) is 1. The molecule has 4 nitrogen and oxygen atoms in total. The van der Waals surface area contributed by atoms with Gasteiger partial charge in [-0.15, -0.1) is 11.3 Å². The number of hydrogen-bond acceptors (Lipinski definition) is 4. The molecule has 0 bridgehead atoms. The Balaban J connectivity index is 1.62. The Labute approximate surface area is 134 Å². The van der Waals surface area contributed by atoms with Crippen LogP contribution in [0.2, 0.25) is 0 Å². The van der Waals surface area contributed by atoms with E-state index in [0.29, 0.717) is 5.92 Å². The second kappa shape index (κ2) is 6.58. The van der Waals surface area contributed by atoms with Crippen molar-refractivity contribution in [2.24, 2.45) is 5.92 Å². The first-order valence-electron chi connectivity index (χ1n) is 7.58. The van der Waals surface area contributed by atoms with Crippen LogP contribution < -0.4 is 5.32 Å². The smallest absolute Gasteiger partial charge is 0.223 e. The molecule has 1 aliphatic carbocycles. The van der Waals surface area contributed by atoms with Gasteiger partial charge in [-0.25, -0.2) is 4.98 Å². The second-order valence-electron chi connectivity index (χ2n) is 5.84. The van der Waals surface area contributed by atoms with E-state index in [1.165, 1.54) is 0 Å². The Morgan fingerprint density at radius 1 is 1.41 bits per heavy atom. The molecule has 0 saturated heterocycles. The van der Waals surface area contributed by atoms with Gasteiger partial charge in [-0.1, -0.05) is 30.3 Å². The standard InChI is InChI=1S/C17H20N2O2S/c1-11-10-22-17(18-11)16(13-7-8-13)19-15(21)9-14(20)12-5-3-2-4-6-12/h2-6,10,13-14,16,20H,7-9H2,1H3,(H,19,21). The monoisotopic (exact) mass is 316 g/mol. The van der Waals surface area contributed by atoms with Gasteiger partial charge in [-0.05, 0) is 31.2 Å². The van der Waals surface area contributed by atoms with Gasteiger partial charge in [0, 0.05) is 11.1 Å². The van der Waals surface area contributed by atoms with Crippen molar-refractivity contribution in [3.05, 3.63) is 52.0 Å². The first kappa shape index (κ1) is 15.2. The third-order valence-electron chi connectivity index (χ3n) is 3.88. The molecule has 1 aromatic heterocycles. The van der Waals surface area contributed by atoms with Crippen LogP contribution >= 0.6 is 11.3 Å². The minimum atomic E-state index is -0.765. The minimum Gasteiger partial charge on any atom is -0.388 e. The molecule has 1 heterocycles. The van der Waals surface area contributed by atoms with Crippen molar-refractivity contribution in [1.82, 2.24) is 10.3 Å². The summed E-state index contributed by atoms with van der Waals surface area (Å²) < 4.78 is 0. The lowest BCUT2D eigenvalue weighted by molar-refractivity contribution is -0.124. The highest BCUT2D eigenvalue weighted by Gasteiger charge is 2.35. The van der Waals surface area contributed by atoms with Gasteiger partial charge < -0.3 is 10.4 Å². The van der Waals surface area contributed by atoms with Crippen molar-refractivity contribution in [3.8, 4) is 0 Å². The van der Waals surface area contributed by atoms with E-state index in [2.05, 4.69) is 10.3 Å². The molecule has 1 fully saturated rings. The lowest BCUT2D eigenvalue weighted by Gasteiger charge is -2.17. The van der Waals surface area contributed by atoms with E-state index in [0.717, 1.165) is 29.1 Å². The molecule has 3 rings (SSSR count). The summed E-state index contributed by atoms with van der Waals surface area (Å²) in [6.07, 6.45) is 1.58. The number of benzene rings is 1. The highest BCUT2D eigenvalue weighted by Crippen LogP contribution is 2.42. The van der Waals surface area contributed by atoms with Crippen LogP contribution in [-0.4, -0.2) is 16.0 Å². The number of aryl methyl sites for hydroxylation is 1. The zero-order valence-corrected chi connectivity index (χ0v) is 13.3. The van der Waals surface area contributed by atoms with E-state index in [4.69, 9.17) is 0 Å². The molecule has 2 N–H and O–H groups in total. The van der Waals surface area contributed by atoms with Crippen molar-refractivity contribution in [2.45, 2.75) is 38.3 Å². The fraction of sp³-hybridized carbons (Fsp3) is 0.412. The summed E-state index contributed by atoms with van der Waals surface area (Å²) in [5, 5.41) is 16.2. The molecule has 1 aliphatic rings. The van der Waals surface area contributed by atoms with Gasteiger partial charge in [0.15, 0.2) is 0 Å². The van der Waals surface area contributed by atoms with Gasteiger partial charge in [0.05, 0.1) is 18.6 Å². The van der Waals surface area contributed by atoms with Crippen LogP contribution in [0, 0.1) is 12.8 Å². The average molecular weight is 316 g/mol. The number of amides is 1. The summed E-state index contributed by atoms with van der Waals surface area (Å²) >= 11 is 1.59. The highest BCUT2D eigenvalue weighted by molar-refractivity contribution is 7.09. The normalized spacial score (nSPS) is 17.0. The molecule has 2 atom stereocenters. The first-order chi connectivity index (χ1) is 10.6. The molecule has 1 amide bonds. The Bertz CT molecular complexity index is 637. The number of nitrogens with zero attached hydrogens (tertiary/aromatic N) is 1. The van der Waals surface area contributed by atoms with Crippen LogP contribution in [0.4, 0.5) is 0 Å². The largest absolute Gasteiger partial charge is 0.388 e. The molecular formula is C17H20N2O2S. The Morgan fingerprint density at radius 3 is 2.73 bits per heavy atom. The zero-order valence-electron chi connectivity index (χ0n) is 12.5. The average Bonchev–Trinajstić information content (AvgIpc) is 3.27. The summed E-state index contributed by atoms with van der Waals surface area (Å²) in [6, 6.07) is 9.28. The fourth-order valence-electron chi connectivity index (χ4n) is 2.53. The van der Waals surface area contributed by atoms with E-state index in [1.807, 2.05) is 42.6 Å². The van der Waals surface area contributed by atoms with Crippen LogP contribution in [0.5, 0.6) is 0 Å². The summed E-state index contributed by atoms with van der Waals surface area (Å²) in [5.41, 5.74) is 1.76.